The molecule has 0 aliphatic heterocycles. The Hall–Kier alpha value is -2.64. The predicted octanol–water partition coefficient (Wildman–Crippen LogP) is 5.40. The highest BCUT2D eigenvalue weighted by Crippen LogP contribution is 2.22. The van der Waals surface area contributed by atoms with E-state index in [2.05, 4.69) is 33.8 Å². The molecule has 2 rings (SSSR count). The molecule has 0 aliphatic rings. The van der Waals surface area contributed by atoms with Crippen LogP contribution >= 0.6 is 0 Å². The highest BCUT2D eigenvalue weighted by Gasteiger charge is 2.24. The summed E-state index contributed by atoms with van der Waals surface area (Å²) in [5.74, 6) is -0.0253. The molecule has 32 heavy (non-hydrogen) atoms. The Morgan fingerprint density at radius 2 is 1.06 bits per heavy atom. The summed E-state index contributed by atoms with van der Waals surface area (Å²) in [5.41, 5.74) is 2.06. The van der Waals surface area contributed by atoms with Crippen LogP contribution in [0, 0.1) is 0 Å². The molecule has 0 atom stereocenters. The smallest absolute Gasteiger partial charge is 0.358 e. The lowest BCUT2D eigenvalue weighted by Gasteiger charge is -2.02. The molecule has 8 heteroatoms. The summed E-state index contributed by atoms with van der Waals surface area (Å²) in [6.45, 7) is 8.44. The van der Waals surface area contributed by atoms with Crippen LogP contribution in [0.3, 0.4) is 0 Å². The van der Waals surface area contributed by atoms with Crippen LogP contribution in [0.2, 0.25) is 0 Å². The van der Waals surface area contributed by atoms with Crippen LogP contribution in [-0.2, 0) is 22.3 Å². The van der Waals surface area contributed by atoms with Gasteiger partial charge in [-0.15, -0.1) is 0 Å². The highest BCUT2D eigenvalue weighted by molar-refractivity contribution is 5.90. The van der Waals surface area contributed by atoms with E-state index in [1.54, 1.807) is 13.8 Å². The van der Waals surface area contributed by atoms with Crippen LogP contribution in [0.25, 0.3) is 11.6 Å². The third kappa shape index (κ3) is 7.21. The first-order valence-electron chi connectivity index (χ1n) is 12.1. The number of aromatic nitrogens is 4. The van der Waals surface area contributed by atoms with Gasteiger partial charge in [-0.3, -0.25) is 0 Å². The SMILES string of the molecule is CCCCCCc1[nH]c(-c2nc(C(=O)OCC)c(CCCCCC)[nH]2)nc1C(=O)OCC. The molecule has 0 radical (unpaired) electrons. The lowest BCUT2D eigenvalue weighted by Crippen LogP contribution is -2.08. The second-order valence-corrected chi connectivity index (χ2v) is 7.89. The molecule has 178 valence electrons. The molecule has 0 fully saturated rings. The van der Waals surface area contributed by atoms with Crippen LogP contribution < -0.4 is 0 Å². The van der Waals surface area contributed by atoms with Gasteiger partial charge in [-0.2, -0.15) is 0 Å². The van der Waals surface area contributed by atoms with Crippen molar-refractivity contribution in [2.75, 3.05) is 13.2 Å². The van der Waals surface area contributed by atoms with Crippen molar-refractivity contribution in [3.63, 3.8) is 0 Å². The fraction of sp³-hybridized carbons (Fsp3) is 0.667. The van der Waals surface area contributed by atoms with Crippen molar-refractivity contribution in [3.05, 3.63) is 22.8 Å². The molecular weight excluding hydrogens is 408 g/mol. The van der Waals surface area contributed by atoms with E-state index in [1.807, 2.05) is 0 Å². The van der Waals surface area contributed by atoms with Gasteiger partial charge >= 0.3 is 11.9 Å². The van der Waals surface area contributed by atoms with Gasteiger partial charge in [0, 0.05) is 0 Å². The number of aromatic amines is 2. The fourth-order valence-corrected chi connectivity index (χ4v) is 3.60. The minimum Gasteiger partial charge on any atom is -0.461 e. The first-order valence-corrected chi connectivity index (χ1v) is 12.1. The van der Waals surface area contributed by atoms with Gasteiger partial charge < -0.3 is 19.4 Å². The van der Waals surface area contributed by atoms with Crippen molar-refractivity contribution in [3.8, 4) is 11.6 Å². The van der Waals surface area contributed by atoms with Gasteiger partial charge in [-0.1, -0.05) is 52.4 Å². The van der Waals surface area contributed by atoms with E-state index in [0.29, 0.717) is 24.5 Å². The number of carbonyl (C=O) groups excluding carboxylic acids is 2. The average Bonchev–Trinajstić information content (AvgIpc) is 3.39. The molecule has 0 bridgehead atoms. The third-order valence-corrected chi connectivity index (χ3v) is 5.28. The van der Waals surface area contributed by atoms with Crippen LogP contribution in [0.15, 0.2) is 0 Å². The zero-order valence-electron chi connectivity index (χ0n) is 20.0. The molecule has 0 amide bonds. The molecule has 2 heterocycles. The molecule has 0 aromatic carbocycles. The molecule has 0 spiro atoms. The molecule has 0 unspecified atom stereocenters. The van der Waals surface area contributed by atoms with Gasteiger partial charge in [0.15, 0.2) is 23.0 Å². The normalized spacial score (nSPS) is 11.0. The lowest BCUT2D eigenvalue weighted by molar-refractivity contribution is 0.0509. The van der Waals surface area contributed by atoms with Gasteiger partial charge in [0.05, 0.1) is 24.6 Å². The fourth-order valence-electron chi connectivity index (χ4n) is 3.60. The Labute approximate surface area is 190 Å². The standard InChI is InChI=1S/C24H38N4O4/c1-5-9-11-13-15-17-19(23(29)31-7-3)27-21(25-17)22-26-18(16-14-12-10-6-2)20(28-22)24(30)32-8-4/h5-16H2,1-4H3,(H,25,27)(H,26,28). The Morgan fingerprint density at radius 1 is 0.656 bits per heavy atom. The molecule has 8 nitrogen and oxygen atoms in total. The van der Waals surface area contributed by atoms with Gasteiger partial charge in [-0.05, 0) is 39.5 Å². The number of hydrogen-bond acceptors (Lipinski definition) is 6. The number of nitrogens with zero attached hydrogens (tertiary/aromatic N) is 2. The molecule has 0 saturated heterocycles. The zero-order valence-corrected chi connectivity index (χ0v) is 20.0. The van der Waals surface area contributed by atoms with Crippen LogP contribution in [0.1, 0.15) is 111 Å². The number of H-pyrrole nitrogens is 2. The Bertz CT molecular complexity index is 786. The number of nitrogens with one attached hydrogen (secondary N) is 2. The highest BCUT2D eigenvalue weighted by atomic mass is 16.5. The van der Waals surface area contributed by atoms with Crippen LogP contribution in [0.4, 0.5) is 0 Å². The zero-order chi connectivity index (χ0) is 23.3. The van der Waals surface area contributed by atoms with Crippen molar-refractivity contribution < 1.29 is 19.1 Å². The van der Waals surface area contributed by atoms with E-state index in [4.69, 9.17) is 9.47 Å². The Balaban J connectivity index is 2.32. The summed E-state index contributed by atoms with van der Waals surface area (Å²) in [6.07, 6.45) is 10.1. The van der Waals surface area contributed by atoms with Gasteiger partial charge in [0.1, 0.15) is 0 Å². The largest absolute Gasteiger partial charge is 0.461 e. The number of ether oxygens (including phenoxy) is 2. The maximum atomic E-state index is 12.5. The topological polar surface area (TPSA) is 110 Å². The van der Waals surface area contributed by atoms with E-state index in [0.717, 1.165) is 62.8 Å². The number of carbonyl (C=O) groups is 2. The molecule has 2 N–H and O–H groups in total. The quantitative estimate of drug-likeness (QED) is 0.280. The Kier molecular flexibility index (Phi) is 11.0. The summed E-state index contributed by atoms with van der Waals surface area (Å²) < 4.78 is 10.4. The first kappa shape index (κ1) is 25.6. The van der Waals surface area contributed by atoms with E-state index in [-0.39, 0.29) is 24.6 Å². The molecule has 0 aliphatic carbocycles. The van der Waals surface area contributed by atoms with Gasteiger partial charge in [-0.25, -0.2) is 19.6 Å². The average molecular weight is 447 g/mol. The number of rotatable bonds is 15. The number of unbranched alkanes of at least 4 members (excludes halogenated alkanes) is 6. The van der Waals surface area contributed by atoms with Crippen molar-refractivity contribution in [1.82, 2.24) is 19.9 Å². The second kappa shape index (κ2) is 13.7. The van der Waals surface area contributed by atoms with Crippen molar-refractivity contribution in [2.45, 2.75) is 91.9 Å². The lowest BCUT2D eigenvalue weighted by atomic mass is 10.1. The number of imidazole rings is 2. The minimum absolute atomic E-state index is 0.284. The van der Waals surface area contributed by atoms with Gasteiger partial charge in [0.2, 0.25) is 0 Å². The summed E-state index contributed by atoms with van der Waals surface area (Å²) >= 11 is 0. The van der Waals surface area contributed by atoms with E-state index in [9.17, 15) is 9.59 Å². The summed E-state index contributed by atoms with van der Waals surface area (Å²) in [7, 11) is 0. The summed E-state index contributed by atoms with van der Waals surface area (Å²) in [5, 5.41) is 0. The van der Waals surface area contributed by atoms with Crippen LogP contribution in [-0.4, -0.2) is 45.1 Å². The Morgan fingerprint density at radius 3 is 1.41 bits per heavy atom. The number of esters is 2. The third-order valence-electron chi connectivity index (χ3n) is 5.28. The molecular formula is C24H38N4O4. The maximum Gasteiger partial charge on any atom is 0.358 e. The minimum atomic E-state index is -0.447. The predicted molar refractivity (Wildman–Crippen MR) is 124 cm³/mol. The summed E-state index contributed by atoms with van der Waals surface area (Å²) in [4.78, 5) is 40.4. The van der Waals surface area contributed by atoms with Crippen LogP contribution in [0.5, 0.6) is 0 Å². The second-order valence-electron chi connectivity index (χ2n) is 7.89. The van der Waals surface area contributed by atoms with E-state index in [1.165, 1.54) is 0 Å². The maximum absolute atomic E-state index is 12.5. The molecule has 0 saturated carbocycles. The van der Waals surface area contributed by atoms with E-state index >= 15 is 0 Å². The first-order chi connectivity index (χ1) is 15.5. The van der Waals surface area contributed by atoms with Crippen molar-refractivity contribution in [1.29, 1.82) is 0 Å². The number of aryl methyl sites for hydroxylation is 2. The van der Waals surface area contributed by atoms with E-state index < -0.39 is 11.9 Å². The number of hydrogen-bond donors (Lipinski definition) is 2. The monoisotopic (exact) mass is 446 g/mol. The summed E-state index contributed by atoms with van der Waals surface area (Å²) in [6, 6.07) is 0. The van der Waals surface area contributed by atoms with Crippen molar-refractivity contribution >= 4 is 11.9 Å². The van der Waals surface area contributed by atoms with Crippen molar-refractivity contribution in [2.24, 2.45) is 0 Å². The van der Waals surface area contributed by atoms with Gasteiger partial charge in [0.25, 0.3) is 0 Å². The molecule has 2 aromatic heterocycles. The molecule has 2 aromatic rings.